The molecular weight excluding hydrogens is 284 g/mol. The van der Waals surface area contributed by atoms with Gasteiger partial charge < -0.3 is 19.3 Å². The Morgan fingerprint density at radius 3 is 1.95 bits per heavy atom. The molecule has 1 rings (SSSR count). The van der Waals surface area contributed by atoms with Gasteiger partial charge >= 0.3 is 12.2 Å². The minimum absolute atomic E-state index is 0.0673. The summed E-state index contributed by atoms with van der Waals surface area (Å²) in [5.41, 5.74) is -1.05. The number of hydrogen-bond donors (Lipinski definition) is 0. The second kappa shape index (κ2) is 6.34. The number of carbonyl (C=O) groups excluding carboxylic acids is 2. The van der Waals surface area contributed by atoms with Crippen LogP contribution in [0.25, 0.3) is 0 Å². The average Bonchev–Trinajstić information content (AvgIpc) is 2.65. The third-order valence-corrected chi connectivity index (χ3v) is 3.40. The van der Waals surface area contributed by atoms with Gasteiger partial charge in [-0.3, -0.25) is 0 Å². The highest BCUT2D eigenvalue weighted by Gasteiger charge is 2.39. The summed E-state index contributed by atoms with van der Waals surface area (Å²) in [5.74, 6) is 0.171. The molecule has 0 bridgehead atoms. The predicted octanol–water partition coefficient (Wildman–Crippen LogP) is 3.11. The molecule has 0 N–H and O–H groups in total. The normalized spacial score (nSPS) is 22.5. The van der Waals surface area contributed by atoms with Crippen molar-refractivity contribution in [3.05, 3.63) is 0 Å². The molecule has 6 heteroatoms. The number of hydrogen-bond acceptors (Lipinski definition) is 4. The van der Waals surface area contributed by atoms with Gasteiger partial charge in [0.2, 0.25) is 0 Å². The molecule has 0 saturated carbocycles. The summed E-state index contributed by atoms with van der Waals surface area (Å²) < 4.78 is 10.8. The van der Waals surface area contributed by atoms with Crippen LogP contribution in [0.4, 0.5) is 9.59 Å². The van der Waals surface area contributed by atoms with Crippen LogP contribution < -0.4 is 0 Å². The van der Waals surface area contributed by atoms with Crippen molar-refractivity contribution in [1.29, 1.82) is 0 Å². The Kier molecular flexibility index (Phi) is 5.36. The summed E-state index contributed by atoms with van der Waals surface area (Å²) in [6.07, 6.45) is -0.699. The van der Waals surface area contributed by atoms with E-state index in [9.17, 15) is 9.59 Å². The second-order valence-electron chi connectivity index (χ2n) is 8.02. The van der Waals surface area contributed by atoms with Crippen molar-refractivity contribution in [2.75, 3.05) is 20.1 Å². The van der Waals surface area contributed by atoms with Gasteiger partial charge in [0.25, 0.3) is 0 Å². The fourth-order valence-electron chi connectivity index (χ4n) is 2.40. The lowest BCUT2D eigenvalue weighted by molar-refractivity contribution is 0.0169. The molecule has 0 aromatic heterocycles. The summed E-state index contributed by atoms with van der Waals surface area (Å²) in [6.45, 7) is 14.1. The minimum Gasteiger partial charge on any atom is -0.444 e. The molecule has 2 atom stereocenters. The van der Waals surface area contributed by atoms with Gasteiger partial charge in [0.1, 0.15) is 11.2 Å². The van der Waals surface area contributed by atoms with Gasteiger partial charge in [0.15, 0.2) is 0 Å². The first-order valence-corrected chi connectivity index (χ1v) is 7.74. The first kappa shape index (κ1) is 18.6. The topological polar surface area (TPSA) is 59.1 Å². The first-order valence-electron chi connectivity index (χ1n) is 7.74. The number of ether oxygens (including phenoxy) is 2. The molecule has 1 heterocycles. The predicted molar refractivity (Wildman–Crippen MR) is 84.8 cm³/mol. The number of likely N-dealkylation sites (N-methyl/N-ethyl adjacent to an activating group) is 1. The van der Waals surface area contributed by atoms with Crippen LogP contribution in [0.2, 0.25) is 0 Å². The molecule has 1 fully saturated rings. The van der Waals surface area contributed by atoms with Crippen LogP contribution in [-0.2, 0) is 9.47 Å². The molecule has 0 radical (unpaired) electrons. The Hall–Kier alpha value is -1.46. The monoisotopic (exact) mass is 314 g/mol. The Morgan fingerprint density at radius 2 is 1.50 bits per heavy atom. The van der Waals surface area contributed by atoms with Crippen LogP contribution in [0.3, 0.4) is 0 Å². The number of carbonyl (C=O) groups is 2. The zero-order valence-corrected chi connectivity index (χ0v) is 15.1. The zero-order valence-electron chi connectivity index (χ0n) is 15.1. The van der Waals surface area contributed by atoms with Gasteiger partial charge in [-0.25, -0.2) is 9.59 Å². The lowest BCUT2D eigenvalue weighted by atomic mass is 10.1. The number of amides is 2. The molecule has 0 aromatic rings. The van der Waals surface area contributed by atoms with Crippen molar-refractivity contribution >= 4 is 12.2 Å². The van der Waals surface area contributed by atoms with E-state index in [1.165, 1.54) is 0 Å². The van der Waals surface area contributed by atoms with Crippen LogP contribution >= 0.6 is 0 Å². The Labute approximate surface area is 133 Å². The molecule has 0 unspecified atom stereocenters. The molecule has 22 heavy (non-hydrogen) atoms. The third-order valence-electron chi connectivity index (χ3n) is 3.40. The van der Waals surface area contributed by atoms with Gasteiger partial charge in [-0.2, -0.15) is 0 Å². The lowest BCUT2D eigenvalue weighted by Gasteiger charge is -2.30. The summed E-state index contributed by atoms with van der Waals surface area (Å²) >= 11 is 0. The van der Waals surface area contributed by atoms with Gasteiger partial charge in [-0.15, -0.1) is 0 Å². The average molecular weight is 314 g/mol. The highest BCUT2D eigenvalue weighted by atomic mass is 16.6. The second-order valence-corrected chi connectivity index (χ2v) is 8.02. The molecule has 6 nitrogen and oxygen atoms in total. The number of likely N-dealkylation sites (tertiary alicyclic amines) is 1. The van der Waals surface area contributed by atoms with Gasteiger partial charge in [0.05, 0.1) is 6.04 Å². The molecule has 0 aromatic carbocycles. The van der Waals surface area contributed by atoms with E-state index in [0.29, 0.717) is 13.1 Å². The Balaban J connectivity index is 2.67. The van der Waals surface area contributed by atoms with Crippen LogP contribution in [0, 0.1) is 5.92 Å². The largest absolute Gasteiger partial charge is 0.444 e. The molecule has 0 aliphatic carbocycles. The van der Waals surface area contributed by atoms with E-state index in [1.807, 2.05) is 48.5 Å². The quantitative estimate of drug-likeness (QED) is 0.746. The van der Waals surface area contributed by atoms with Crippen molar-refractivity contribution in [3.8, 4) is 0 Å². The van der Waals surface area contributed by atoms with Gasteiger partial charge in [-0.1, -0.05) is 6.92 Å². The summed E-state index contributed by atoms with van der Waals surface area (Å²) in [5, 5.41) is 0. The maximum absolute atomic E-state index is 12.2. The van der Waals surface area contributed by atoms with E-state index < -0.39 is 11.2 Å². The van der Waals surface area contributed by atoms with Gasteiger partial charge in [0, 0.05) is 20.1 Å². The minimum atomic E-state index is -0.530. The lowest BCUT2D eigenvalue weighted by Crippen LogP contribution is -2.44. The maximum Gasteiger partial charge on any atom is 0.410 e. The molecular formula is C16H30N2O4. The fourth-order valence-corrected chi connectivity index (χ4v) is 2.40. The van der Waals surface area contributed by atoms with E-state index in [0.717, 1.165) is 0 Å². The standard InChI is InChI=1S/C16H30N2O4/c1-11-9-18(14(20)22-16(5,6)7)10-12(11)17(8)13(19)21-15(2,3)4/h11-12H,9-10H2,1-8H3/t11-,12-/m0/s1. The van der Waals surface area contributed by atoms with E-state index >= 15 is 0 Å². The SMILES string of the molecule is C[C@H]1CN(C(=O)OC(C)(C)C)C[C@@H]1N(C)C(=O)OC(C)(C)C. The molecule has 1 aliphatic rings. The highest BCUT2D eigenvalue weighted by molar-refractivity contribution is 5.70. The molecule has 128 valence electrons. The molecule has 1 aliphatic heterocycles. The van der Waals surface area contributed by atoms with E-state index in [-0.39, 0.29) is 24.1 Å². The van der Waals surface area contributed by atoms with Crippen molar-refractivity contribution in [1.82, 2.24) is 9.80 Å². The third kappa shape index (κ3) is 5.39. The van der Waals surface area contributed by atoms with Crippen LogP contribution in [0.1, 0.15) is 48.5 Å². The van der Waals surface area contributed by atoms with Gasteiger partial charge in [-0.05, 0) is 47.5 Å². The highest BCUT2D eigenvalue weighted by Crippen LogP contribution is 2.24. The van der Waals surface area contributed by atoms with Crippen LogP contribution in [0.15, 0.2) is 0 Å². The first-order chi connectivity index (χ1) is 9.80. The van der Waals surface area contributed by atoms with Crippen molar-refractivity contribution in [2.24, 2.45) is 5.92 Å². The zero-order chi connectivity index (χ0) is 17.3. The van der Waals surface area contributed by atoms with Crippen molar-refractivity contribution in [2.45, 2.75) is 65.7 Å². The summed E-state index contributed by atoms with van der Waals surface area (Å²) in [4.78, 5) is 27.5. The summed E-state index contributed by atoms with van der Waals surface area (Å²) in [7, 11) is 1.72. The Morgan fingerprint density at radius 1 is 1.00 bits per heavy atom. The van der Waals surface area contributed by atoms with E-state index in [4.69, 9.17) is 9.47 Å². The smallest absolute Gasteiger partial charge is 0.410 e. The fraction of sp³-hybridized carbons (Fsp3) is 0.875. The van der Waals surface area contributed by atoms with Crippen LogP contribution in [0.5, 0.6) is 0 Å². The number of rotatable bonds is 1. The van der Waals surface area contributed by atoms with Crippen molar-refractivity contribution in [3.63, 3.8) is 0 Å². The molecule has 2 amide bonds. The van der Waals surface area contributed by atoms with E-state index in [1.54, 1.807) is 16.8 Å². The Bertz CT molecular complexity index is 423. The maximum atomic E-state index is 12.2. The van der Waals surface area contributed by atoms with Crippen molar-refractivity contribution < 1.29 is 19.1 Å². The summed E-state index contributed by atoms with van der Waals surface area (Å²) in [6, 6.07) is -0.0673. The van der Waals surface area contributed by atoms with E-state index in [2.05, 4.69) is 0 Å². The molecule has 0 spiro atoms. The number of nitrogens with zero attached hydrogens (tertiary/aromatic N) is 2. The molecule has 1 saturated heterocycles. The van der Waals surface area contributed by atoms with Crippen LogP contribution in [-0.4, -0.2) is 59.4 Å².